The van der Waals surface area contributed by atoms with Gasteiger partial charge in [-0.2, -0.15) is 0 Å². The summed E-state index contributed by atoms with van der Waals surface area (Å²) in [5.41, 5.74) is 14.1. The van der Waals surface area contributed by atoms with Crippen LogP contribution in [0.2, 0.25) is 0 Å². The maximum absolute atomic E-state index is 13.6. The van der Waals surface area contributed by atoms with Crippen molar-refractivity contribution in [1.29, 1.82) is 0 Å². The molecule has 4 nitrogen and oxygen atoms in total. The Morgan fingerprint density at radius 3 is 1.47 bits per heavy atom. The summed E-state index contributed by atoms with van der Waals surface area (Å²) in [4.78, 5) is 0. The Morgan fingerprint density at radius 2 is 1.00 bits per heavy atom. The van der Waals surface area contributed by atoms with Gasteiger partial charge in [0.1, 0.15) is 28.8 Å². The molecule has 0 atom stereocenters. The minimum absolute atomic E-state index is 0.0966. The van der Waals surface area contributed by atoms with E-state index in [1.54, 1.807) is 6.07 Å². The van der Waals surface area contributed by atoms with E-state index in [1.165, 1.54) is 12.1 Å². The summed E-state index contributed by atoms with van der Waals surface area (Å²) in [7, 11) is 0. The Labute approximate surface area is 187 Å². The molecule has 0 aliphatic rings. The number of hydrogen-bond acceptors (Lipinski definition) is 4. The third-order valence-electron chi connectivity index (χ3n) is 5.48. The van der Waals surface area contributed by atoms with Crippen molar-refractivity contribution in [2.24, 2.45) is 0 Å². The largest absolute Gasteiger partial charge is 0.457 e. The Morgan fingerprint density at radius 1 is 0.594 bits per heavy atom. The van der Waals surface area contributed by atoms with Gasteiger partial charge in [0.2, 0.25) is 0 Å². The van der Waals surface area contributed by atoms with Gasteiger partial charge >= 0.3 is 0 Å². The molecule has 4 aromatic rings. The summed E-state index contributed by atoms with van der Waals surface area (Å²) in [5, 5.41) is 0. The monoisotopic (exact) mass is 428 g/mol. The quantitative estimate of drug-likeness (QED) is 0.328. The first kappa shape index (κ1) is 21.2. The van der Waals surface area contributed by atoms with Crippen molar-refractivity contribution in [3.63, 3.8) is 0 Å². The average Bonchev–Trinajstić information content (AvgIpc) is 2.79. The normalized spacial score (nSPS) is 11.2. The lowest BCUT2D eigenvalue weighted by Crippen LogP contribution is -2.18. The second kappa shape index (κ2) is 8.63. The van der Waals surface area contributed by atoms with Crippen molar-refractivity contribution in [3.05, 3.63) is 108 Å². The predicted molar refractivity (Wildman–Crippen MR) is 127 cm³/mol. The molecule has 5 heteroatoms. The summed E-state index contributed by atoms with van der Waals surface area (Å²) >= 11 is 0. The smallest absolute Gasteiger partial charge is 0.149 e. The number of halogens is 1. The molecule has 0 radical (unpaired) electrons. The van der Waals surface area contributed by atoms with Crippen LogP contribution in [0, 0.1) is 5.82 Å². The van der Waals surface area contributed by atoms with E-state index in [1.807, 2.05) is 60.7 Å². The molecule has 0 heterocycles. The fourth-order valence-electron chi connectivity index (χ4n) is 3.43. The summed E-state index contributed by atoms with van der Waals surface area (Å²) < 4.78 is 25.3. The SMILES string of the molecule is CC(C)(c1ccc(Oc2ccc(N)cc2)cc1)c1ccc(Oc2ccc(N)c(F)c2)cc1. The highest BCUT2D eigenvalue weighted by Gasteiger charge is 2.23. The van der Waals surface area contributed by atoms with Crippen LogP contribution in [-0.4, -0.2) is 0 Å². The lowest BCUT2D eigenvalue weighted by molar-refractivity contribution is 0.476. The highest BCUT2D eigenvalue weighted by molar-refractivity contribution is 5.47. The lowest BCUT2D eigenvalue weighted by Gasteiger charge is -2.26. The average molecular weight is 429 g/mol. The van der Waals surface area contributed by atoms with E-state index in [0.717, 1.165) is 22.6 Å². The van der Waals surface area contributed by atoms with Gasteiger partial charge in [-0.05, 0) is 71.8 Å². The van der Waals surface area contributed by atoms with E-state index in [2.05, 4.69) is 26.0 Å². The van der Waals surface area contributed by atoms with Crippen LogP contribution < -0.4 is 20.9 Å². The molecule has 162 valence electrons. The number of ether oxygens (including phenoxy) is 2. The van der Waals surface area contributed by atoms with E-state index < -0.39 is 5.82 Å². The van der Waals surface area contributed by atoms with Gasteiger partial charge in [0.25, 0.3) is 0 Å². The zero-order chi connectivity index (χ0) is 22.7. The van der Waals surface area contributed by atoms with Gasteiger partial charge in [-0.25, -0.2) is 4.39 Å². The van der Waals surface area contributed by atoms with Crippen molar-refractivity contribution < 1.29 is 13.9 Å². The molecule has 0 fully saturated rings. The van der Waals surface area contributed by atoms with Crippen LogP contribution in [0.5, 0.6) is 23.0 Å². The molecule has 0 saturated heterocycles. The number of hydrogen-bond donors (Lipinski definition) is 2. The molecule has 0 aliphatic heterocycles. The standard InChI is InChI=1S/C27H25FN2O2/c1-27(2,18-3-9-21(10-4-18)31-23-13-7-20(29)8-14-23)19-5-11-22(12-6-19)32-24-15-16-26(30)25(28)17-24/h3-17H,29-30H2,1-2H3. The second-order valence-electron chi connectivity index (χ2n) is 8.13. The Bertz CT molecular complexity index is 1200. The Hall–Kier alpha value is -3.99. The van der Waals surface area contributed by atoms with Gasteiger partial charge in [-0.15, -0.1) is 0 Å². The molecule has 0 aliphatic carbocycles. The Balaban J connectivity index is 1.47. The van der Waals surface area contributed by atoms with Crippen LogP contribution in [0.15, 0.2) is 91.0 Å². The highest BCUT2D eigenvalue weighted by atomic mass is 19.1. The van der Waals surface area contributed by atoms with Gasteiger partial charge in [-0.1, -0.05) is 38.1 Å². The van der Waals surface area contributed by atoms with E-state index in [0.29, 0.717) is 17.2 Å². The van der Waals surface area contributed by atoms with Crippen molar-refractivity contribution in [2.75, 3.05) is 11.5 Å². The van der Waals surface area contributed by atoms with Gasteiger partial charge in [0, 0.05) is 17.2 Å². The first-order valence-electron chi connectivity index (χ1n) is 10.3. The van der Waals surface area contributed by atoms with Crippen LogP contribution in [0.4, 0.5) is 15.8 Å². The minimum Gasteiger partial charge on any atom is -0.457 e. The molecule has 4 N–H and O–H groups in total. The van der Waals surface area contributed by atoms with Crippen LogP contribution >= 0.6 is 0 Å². The summed E-state index contributed by atoms with van der Waals surface area (Å²) in [6.45, 7) is 4.32. The fraction of sp³-hybridized carbons (Fsp3) is 0.111. The van der Waals surface area contributed by atoms with Gasteiger partial charge in [-0.3, -0.25) is 0 Å². The van der Waals surface area contributed by atoms with Crippen molar-refractivity contribution >= 4 is 11.4 Å². The van der Waals surface area contributed by atoms with E-state index >= 15 is 0 Å². The molecule has 0 aromatic heterocycles. The van der Waals surface area contributed by atoms with Gasteiger partial charge in [0.15, 0.2) is 0 Å². The first-order valence-corrected chi connectivity index (χ1v) is 10.3. The fourth-order valence-corrected chi connectivity index (χ4v) is 3.43. The molecule has 0 saturated carbocycles. The molecule has 0 amide bonds. The molecule has 0 spiro atoms. The van der Waals surface area contributed by atoms with E-state index in [4.69, 9.17) is 20.9 Å². The summed E-state index contributed by atoms with van der Waals surface area (Å²) in [6, 6.07) is 27.5. The molecular formula is C27H25FN2O2. The Kier molecular flexibility index (Phi) is 5.73. The molecular weight excluding hydrogens is 403 g/mol. The topological polar surface area (TPSA) is 70.5 Å². The third-order valence-corrected chi connectivity index (χ3v) is 5.48. The third kappa shape index (κ3) is 4.67. The maximum Gasteiger partial charge on any atom is 0.149 e. The van der Waals surface area contributed by atoms with Gasteiger partial charge < -0.3 is 20.9 Å². The number of anilines is 2. The molecule has 0 unspecified atom stereocenters. The van der Waals surface area contributed by atoms with Crippen LogP contribution in [0.3, 0.4) is 0 Å². The lowest BCUT2D eigenvalue weighted by atomic mass is 9.78. The van der Waals surface area contributed by atoms with Crippen molar-refractivity contribution in [2.45, 2.75) is 19.3 Å². The van der Waals surface area contributed by atoms with Crippen LogP contribution in [0.1, 0.15) is 25.0 Å². The number of benzene rings is 4. The minimum atomic E-state index is -0.496. The van der Waals surface area contributed by atoms with Gasteiger partial charge in [0.05, 0.1) is 5.69 Å². The molecule has 0 bridgehead atoms. The van der Waals surface area contributed by atoms with E-state index in [-0.39, 0.29) is 11.1 Å². The summed E-state index contributed by atoms with van der Waals surface area (Å²) in [5.74, 6) is 2.03. The van der Waals surface area contributed by atoms with Crippen molar-refractivity contribution in [1.82, 2.24) is 0 Å². The number of nitrogen functional groups attached to an aromatic ring is 2. The zero-order valence-corrected chi connectivity index (χ0v) is 18.0. The highest BCUT2D eigenvalue weighted by Crippen LogP contribution is 2.35. The van der Waals surface area contributed by atoms with E-state index in [9.17, 15) is 4.39 Å². The number of rotatable bonds is 6. The molecule has 4 rings (SSSR count). The van der Waals surface area contributed by atoms with Crippen molar-refractivity contribution in [3.8, 4) is 23.0 Å². The second-order valence-corrected chi connectivity index (χ2v) is 8.13. The van der Waals surface area contributed by atoms with Crippen LogP contribution in [-0.2, 0) is 5.41 Å². The first-order chi connectivity index (χ1) is 15.3. The zero-order valence-electron chi connectivity index (χ0n) is 18.0. The van der Waals surface area contributed by atoms with Crippen LogP contribution in [0.25, 0.3) is 0 Å². The maximum atomic E-state index is 13.6. The molecule has 32 heavy (non-hydrogen) atoms. The predicted octanol–water partition coefficient (Wildman–Crippen LogP) is 6.90. The summed E-state index contributed by atoms with van der Waals surface area (Å²) in [6.07, 6.45) is 0. The number of nitrogens with two attached hydrogens (primary N) is 2. The molecule has 4 aromatic carbocycles.